The highest BCUT2D eigenvalue weighted by atomic mass is 32.2. The molecule has 0 aromatic heterocycles. The second kappa shape index (κ2) is 13.6. The minimum atomic E-state index is -4.33. The fraction of sp³-hybridized carbons (Fsp3) is 0.355. The van der Waals surface area contributed by atoms with Crippen molar-refractivity contribution in [2.24, 2.45) is 0 Å². The van der Waals surface area contributed by atoms with Crippen LogP contribution in [0.25, 0.3) is 0 Å². The highest BCUT2D eigenvalue weighted by Gasteiger charge is 2.35. The SMILES string of the molecule is CCC(C(=O)NC1CCCC1)N(Cc1cccc(OC)c1)C(=O)CN(c1ccccc1F)S(=O)(=O)c1ccccc1. The Kier molecular flexibility index (Phi) is 9.99. The number of ether oxygens (including phenoxy) is 1. The van der Waals surface area contributed by atoms with Crippen LogP contribution in [0.4, 0.5) is 10.1 Å². The van der Waals surface area contributed by atoms with E-state index < -0.39 is 34.3 Å². The van der Waals surface area contributed by atoms with Gasteiger partial charge in [0, 0.05) is 12.6 Å². The van der Waals surface area contributed by atoms with Crippen molar-refractivity contribution < 1.29 is 27.1 Å². The topological polar surface area (TPSA) is 96.0 Å². The van der Waals surface area contributed by atoms with Crippen LogP contribution in [0.3, 0.4) is 0 Å². The first-order valence-corrected chi connectivity index (χ1v) is 15.2. The van der Waals surface area contributed by atoms with Crippen molar-refractivity contribution in [2.75, 3.05) is 18.0 Å². The van der Waals surface area contributed by atoms with Crippen LogP contribution in [-0.2, 0) is 26.2 Å². The molecule has 2 amide bonds. The molecule has 1 N–H and O–H groups in total. The Morgan fingerprint density at radius 3 is 2.34 bits per heavy atom. The summed E-state index contributed by atoms with van der Waals surface area (Å²) < 4.78 is 48.7. The maximum atomic E-state index is 15.0. The van der Waals surface area contributed by atoms with Crippen LogP contribution in [0.2, 0.25) is 0 Å². The van der Waals surface area contributed by atoms with Crippen molar-refractivity contribution in [1.82, 2.24) is 10.2 Å². The van der Waals surface area contributed by atoms with Gasteiger partial charge in [0.05, 0.1) is 17.7 Å². The summed E-state index contributed by atoms with van der Waals surface area (Å²) in [7, 11) is -2.80. The maximum absolute atomic E-state index is 15.0. The molecule has 1 unspecified atom stereocenters. The number of hydrogen-bond acceptors (Lipinski definition) is 5. The van der Waals surface area contributed by atoms with Crippen LogP contribution < -0.4 is 14.4 Å². The minimum absolute atomic E-state index is 0.0309. The van der Waals surface area contributed by atoms with Gasteiger partial charge in [-0.15, -0.1) is 0 Å². The van der Waals surface area contributed by atoms with Gasteiger partial charge in [0.1, 0.15) is 24.2 Å². The van der Waals surface area contributed by atoms with E-state index in [-0.39, 0.29) is 29.1 Å². The smallest absolute Gasteiger partial charge is 0.264 e. The van der Waals surface area contributed by atoms with Crippen molar-refractivity contribution in [2.45, 2.75) is 62.6 Å². The van der Waals surface area contributed by atoms with Crippen molar-refractivity contribution >= 4 is 27.5 Å². The molecule has 1 aliphatic rings. The third kappa shape index (κ3) is 7.24. The van der Waals surface area contributed by atoms with Gasteiger partial charge >= 0.3 is 0 Å². The Hall–Kier alpha value is -3.92. The lowest BCUT2D eigenvalue weighted by Crippen LogP contribution is -2.53. The molecule has 1 saturated carbocycles. The molecule has 10 heteroatoms. The molecule has 1 fully saturated rings. The fourth-order valence-electron chi connectivity index (χ4n) is 5.14. The van der Waals surface area contributed by atoms with Gasteiger partial charge < -0.3 is 15.0 Å². The number of rotatable bonds is 12. The summed E-state index contributed by atoms with van der Waals surface area (Å²) in [6, 6.07) is 19.3. The van der Waals surface area contributed by atoms with Gasteiger partial charge in [-0.2, -0.15) is 0 Å². The molecule has 4 rings (SSSR count). The van der Waals surface area contributed by atoms with Crippen molar-refractivity contribution in [3.05, 3.63) is 90.2 Å². The van der Waals surface area contributed by atoms with Crippen LogP contribution in [0.1, 0.15) is 44.6 Å². The Morgan fingerprint density at radius 2 is 1.68 bits per heavy atom. The second-order valence-corrected chi connectivity index (χ2v) is 11.9. The molecule has 3 aromatic rings. The predicted molar refractivity (Wildman–Crippen MR) is 155 cm³/mol. The van der Waals surface area contributed by atoms with Crippen LogP contribution in [0.15, 0.2) is 83.8 Å². The Balaban J connectivity index is 1.72. The van der Waals surface area contributed by atoms with Crippen molar-refractivity contribution in [1.29, 1.82) is 0 Å². The van der Waals surface area contributed by atoms with E-state index >= 15 is 4.39 Å². The number of sulfonamides is 1. The number of carbonyl (C=O) groups excluding carboxylic acids is 2. The fourth-order valence-corrected chi connectivity index (χ4v) is 6.58. The number of nitrogens with zero attached hydrogens (tertiary/aromatic N) is 2. The third-order valence-electron chi connectivity index (χ3n) is 7.31. The molecule has 1 aliphatic carbocycles. The first-order valence-electron chi connectivity index (χ1n) is 13.8. The van der Waals surface area contributed by atoms with Crippen LogP contribution in [0, 0.1) is 5.82 Å². The lowest BCUT2D eigenvalue weighted by atomic mass is 10.1. The summed E-state index contributed by atoms with van der Waals surface area (Å²) in [6.07, 6.45) is 4.12. The number of hydrogen-bond donors (Lipinski definition) is 1. The van der Waals surface area contributed by atoms with E-state index in [9.17, 15) is 18.0 Å². The number of methoxy groups -OCH3 is 1. The molecule has 1 atom stereocenters. The first-order chi connectivity index (χ1) is 19.7. The second-order valence-electron chi connectivity index (χ2n) is 10.1. The van der Waals surface area contributed by atoms with E-state index in [0.29, 0.717) is 17.7 Å². The molecule has 41 heavy (non-hydrogen) atoms. The van der Waals surface area contributed by atoms with E-state index in [1.165, 1.54) is 42.3 Å². The van der Waals surface area contributed by atoms with E-state index in [1.807, 2.05) is 0 Å². The Labute approximate surface area is 241 Å². The molecule has 0 heterocycles. The standard InChI is InChI=1S/C31H36FN3O5S/c1-3-28(31(37)33-24-13-7-8-14-24)34(21-23-12-11-15-25(20-23)40-2)30(36)22-35(29-19-10-9-18-27(29)32)41(38,39)26-16-5-4-6-17-26/h4-6,9-12,15-20,24,28H,3,7-8,13-14,21-22H2,1-2H3,(H,33,37). The normalized spacial score (nSPS) is 14.3. The van der Waals surface area contributed by atoms with Gasteiger partial charge in [0.15, 0.2) is 0 Å². The number of nitrogens with one attached hydrogen (secondary N) is 1. The highest BCUT2D eigenvalue weighted by Crippen LogP contribution is 2.27. The molecule has 0 spiro atoms. The number of halogens is 1. The number of benzene rings is 3. The molecule has 8 nitrogen and oxygen atoms in total. The van der Waals surface area contributed by atoms with E-state index in [1.54, 1.807) is 49.4 Å². The van der Waals surface area contributed by atoms with Gasteiger partial charge in [-0.05, 0) is 61.2 Å². The van der Waals surface area contributed by atoms with Crippen LogP contribution in [0.5, 0.6) is 5.75 Å². The number of carbonyl (C=O) groups is 2. The van der Waals surface area contributed by atoms with Crippen molar-refractivity contribution in [3.63, 3.8) is 0 Å². The zero-order valence-corrected chi connectivity index (χ0v) is 24.1. The lowest BCUT2D eigenvalue weighted by molar-refractivity contribution is -0.140. The van der Waals surface area contributed by atoms with Crippen molar-refractivity contribution in [3.8, 4) is 5.75 Å². The Bertz CT molecular complexity index is 1440. The number of anilines is 1. The quantitative estimate of drug-likeness (QED) is 0.329. The zero-order chi connectivity index (χ0) is 29.4. The molecule has 0 aliphatic heterocycles. The monoisotopic (exact) mass is 581 g/mol. The van der Waals surface area contributed by atoms with Crippen LogP contribution in [-0.4, -0.2) is 50.9 Å². The molecule has 0 radical (unpaired) electrons. The van der Waals surface area contributed by atoms with Gasteiger partial charge in [-0.1, -0.05) is 62.2 Å². The molecule has 218 valence electrons. The number of amides is 2. The first kappa shape index (κ1) is 30.0. The average molecular weight is 582 g/mol. The minimum Gasteiger partial charge on any atom is -0.497 e. The largest absolute Gasteiger partial charge is 0.497 e. The Morgan fingerprint density at radius 1 is 1.00 bits per heavy atom. The van der Waals surface area contributed by atoms with Gasteiger partial charge in [0.25, 0.3) is 10.0 Å². The third-order valence-corrected chi connectivity index (χ3v) is 9.08. The molecular formula is C31H36FN3O5S. The summed E-state index contributed by atoms with van der Waals surface area (Å²) >= 11 is 0. The van der Waals surface area contributed by atoms with E-state index in [2.05, 4.69) is 5.32 Å². The molecule has 0 bridgehead atoms. The number of para-hydroxylation sites is 1. The lowest BCUT2D eigenvalue weighted by Gasteiger charge is -2.34. The molecule has 3 aromatic carbocycles. The predicted octanol–water partition coefficient (Wildman–Crippen LogP) is 4.90. The van der Waals surface area contributed by atoms with E-state index in [0.717, 1.165) is 36.1 Å². The zero-order valence-electron chi connectivity index (χ0n) is 23.3. The summed E-state index contributed by atoms with van der Waals surface area (Å²) in [4.78, 5) is 28.9. The average Bonchev–Trinajstić information content (AvgIpc) is 3.49. The molecular weight excluding hydrogens is 545 g/mol. The highest BCUT2D eigenvalue weighted by molar-refractivity contribution is 7.92. The van der Waals surface area contributed by atoms with Gasteiger partial charge in [-0.25, -0.2) is 12.8 Å². The van der Waals surface area contributed by atoms with E-state index in [4.69, 9.17) is 4.74 Å². The van der Waals surface area contributed by atoms with Crippen LogP contribution >= 0.6 is 0 Å². The summed E-state index contributed by atoms with van der Waals surface area (Å²) in [5.41, 5.74) is 0.447. The summed E-state index contributed by atoms with van der Waals surface area (Å²) in [6.45, 7) is 1.14. The summed E-state index contributed by atoms with van der Waals surface area (Å²) in [5.74, 6) is -1.13. The van der Waals surface area contributed by atoms with Gasteiger partial charge in [-0.3, -0.25) is 13.9 Å². The summed E-state index contributed by atoms with van der Waals surface area (Å²) in [5, 5.41) is 3.07. The maximum Gasteiger partial charge on any atom is 0.264 e. The molecule has 0 saturated heterocycles. The van der Waals surface area contributed by atoms with Gasteiger partial charge in [0.2, 0.25) is 11.8 Å².